The van der Waals surface area contributed by atoms with Gasteiger partial charge in [0.25, 0.3) is 0 Å². The van der Waals surface area contributed by atoms with Crippen molar-refractivity contribution in [3.05, 3.63) is 11.6 Å². The molecular weight excluding hydrogens is 538 g/mol. The van der Waals surface area contributed by atoms with Gasteiger partial charge in [-0.2, -0.15) is 0 Å². The van der Waals surface area contributed by atoms with Gasteiger partial charge in [-0.05, 0) is 88.8 Å². The SMILES string of the molecule is CC(=O)O[C@@H]1C[C@H]2[C@@H](CC[C@H]3CC(=O)[C@H](N)C[C@@]32C)C2=C[C@@H]3O[C@]4(CC[C@](C)(O)CO4)[C@@H](C)[C@]3(O[Si](C)(C)C)[C@]21C. The normalized spacial score (nSPS) is 52.8. The first-order valence-corrected chi connectivity index (χ1v) is 19.2. The van der Waals surface area contributed by atoms with Gasteiger partial charge in [0.2, 0.25) is 0 Å². The Balaban J connectivity index is 1.48. The van der Waals surface area contributed by atoms with Crippen LogP contribution in [0.3, 0.4) is 0 Å². The molecular formula is C32H51NO7Si. The first-order valence-electron chi connectivity index (χ1n) is 15.8. The summed E-state index contributed by atoms with van der Waals surface area (Å²) in [6, 6.07) is -0.433. The molecule has 0 aromatic carbocycles. The van der Waals surface area contributed by atoms with Crippen LogP contribution in [0.25, 0.3) is 0 Å². The van der Waals surface area contributed by atoms with Gasteiger partial charge in [-0.1, -0.05) is 25.5 Å². The summed E-state index contributed by atoms with van der Waals surface area (Å²) >= 11 is 0. The fourth-order valence-electron chi connectivity index (χ4n) is 10.4. The number of aliphatic hydroxyl groups is 1. The lowest BCUT2D eigenvalue weighted by Gasteiger charge is -2.63. The van der Waals surface area contributed by atoms with Gasteiger partial charge in [0, 0.05) is 25.7 Å². The van der Waals surface area contributed by atoms with Crippen LogP contribution in [0.1, 0.15) is 79.6 Å². The van der Waals surface area contributed by atoms with Crippen molar-refractivity contribution in [1.82, 2.24) is 0 Å². The van der Waals surface area contributed by atoms with Gasteiger partial charge in [-0.25, -0.2) is 0 Å². The van der Waals surface area contributed by atoms with E-state index in [9.17, 15) is 14.7 Å². The molecule has 8 nitrogen and oxygen atoms in total. The molecule has 230 valence electrons. The number of rotatable bonds is 3. The third-order valence-electron chi connectivity index (χ3n) is 12.3. The maximum absolute atomic E-state index is 12.8. The number of ether oxygens (including phenoxy) is 3. The van der Waals surface area contributed by atoms with Crippen LogP contribution in [0.2, 0.25) is 19.6 Å². The van der Waals surface area contributed by atoms with Crippen LogP contribution < -0.4 is 5.73 Å². The molecule has 41 heavy (non-hydrogen) atoms. The summed E-state index contributed by atoms with van der Waals surface area (Å²) in [5.41, 5.74) is 5.30. The van der Waals surface area contributed by atoms with Gasteiger partial charge in [0.05, 0.1) is 23.7 Å². The standard InChI is InChI=1S/C32H51NO7Si/c1-18-31(12-11-28(3,36)17-37-31)39-27-15-23-21-10-9-20-13-25(35)24(33)16-29(20,4)22(21)14-26(38-19(2)34)30(23,5)32(18,27)40-41(6,7)8/h15,18,20-22,24,26-27,36H,9-14,16-17,33H2,1-8H3/t18-,20+,21-,22+,24-,26-,27+,28+,29+,30-,31-,32-/m1/s1. The zero-order chi connectivity index (χ0) is 30.0. The highest BCUT2D eigenvalue weighted by molar-refractivity contribution is 6.69. The van der Waals surface area contributed by atoms with Crippen LogP contribution in [0, 0.1) is 34.5 Å². The molecule has 2 aliphatic heterocycles. The Morgan fingerprint density at radius 2 is 1.88 bits per heavy atom. The number of nitrogens with two attached hydrogens (primary N) is 1. The van der Waals surface area contributed by atoms with E-state index in [2.05, 4.69) is 46.5 Å². The average molecular weight is 590 g/mol. The molecule has 2 saturated heterocycles. The maximum Gasteiger partial charge on any atom is 0.302 e. The van der Waals surface area contributed by atoms with Crippen molar-refractivity contribution in [1.29, 1.82) is 0 Å². The van der Waals surface area contributed by atoms with Gasteiger partial charge in [0.1, 0.15) is 23.6 Å². The molecule has 0 radical (unpaired) electrons. The Morgan fingerprint density at radius 3 is 2.49 bits per heavy atom. The number of carbonyl (C=O) groups excluding carboxylic acids is 2. The van der Waals surface area contributed by atoms with Crippen molar-refractivity contribution >= 4 is 20.1 Å². The second kappa shape index (κ2) is 9.21. The summed E-state index contributed by atoms with van der Waals surface area (Å²) in [5, 5.41) is 10.7. The number of ketones is 1. The van der Waals surface area contributed by atoms with E-state index in [-0.39, 0.29) is 47.6 Å². The van der Waals surface area contributed by atoms with E-state index in [4.69, 9.17) is 24.4 Å². The molecule has 1 spiro atoms. The summed E-state index contributed by atoms with van der Waals surface area (Å²) in [6.45, 7) is 16.9. The highest BCUT2D eigenvalue weighted by Gasteiger charge is 2.78. The fourth-order valence-corrected chi connectivity index (χ4v) is 11.9. The molecule has 12 atom stereocenters. The molecule has 0 unspecified atom stereocenters. The molecule has 6 rings (SSSR count). The molecule has 5 fully saturated rings. The Kier molecular flexibility index (Phi) is 6.72. The lowest BCUT2D eigenvalue weighted by molar-refractivity contribution is -0.289. The summed E-state index contributed by atoms with van der Waals surface area (Å²) in [5.74, 6) is -0.329. The van der Waals surface area contributed by atoms with Crippen molar-refractivity contribution in [2.75, 3.05) is 6.61 Å². The zero-order valence-electron chi connectivity index (χ0n) is 26.2. The fraction of sp³-hybridized carbons (Fsp3) is 0.875. The minimum absolute atomic E-state index is 0.104. The molecule has 3 saturated carbocycles. The molecule has 0 bridgehead atoms. The van der Waals surface area contributed by atoms with Crippen LogP contribution in [0.5, 0.6) is 0 Å². The zero-order valence-corrected chi connectivity index (χ0v) is 27.2. The second-order valence-electron chi connectivity index (χ2n) is 16.0. The third-order valence-corrected chi connectivity index (χ3v) is 13.3. The predicted molar refractivity (Wildman–Crippen MR) is 156 cm³/mol. The average Bonchev–Trinajstić information content (AvgIpc) is 3.22. The second-order valence-corrected chi connectivity index (χ2v) is 20.4. The largest absolute Gasteiger partial charge is 0.462 e. The smallest absolute Gasteiger partial charge is 0.302 e. The summed E-state index contributed by atoms with van der Waals surface area (Å²) < 4.78 is 27.2. The monoisotopic (exact) mass is 589 g/mol. The van der Waals surface area contributed by atoms with E-state index < -0.39 is 42.9 Å². The molecule has 3 N–H and O–H groups in total. The van der Waals surface area contributed by atoms with E-state index in [1.165, 1.54) is 12.5 Å². The number of carbonyl (C=O) groups is 2. The van der Waals surface area contributed by atoms with Gasteiger partial charge >= 0.3 is 5.97 Å². The highest BCUT2D eigenvalue weighted by Crippen LogP contribution is 2.72. The quantitative estimate of drug-likeness (QED) is 0.281. The summed E-state index contributed by atoms with van der Waals surface area (Å²) in [7, 11) is -2.18. The predicted octanol–water partition coefficient (Wildman–Crippen LogP) is 4.49. The molecule has 2 heterocycles. The molecule has 9 heteroatoms. The van der Waals surface area contributed by atoms with E-state index in [1.807, 2.05) is 6.92 Å². The lowest BCUT2D eigenvalue weighted by Crippen LogP contribution is -2.68. The molecule has 0 aromatic rings. The maximum atomic E-state index is 12.8. The van der Waals surface area contributed by atoms with Gasteiger partial charge in [-0.3, -0.25) is 9.59 Å². The first kappa shape index (κ1) is 29.9. The number of hydrogen-bond acceptors (Lipinski definition) is 8. The molecule has 6 aliphatic rings. The van der Waals surface area contributed by atoms with Crippen molar-refractivity contribution in [2.45, 2.75) is 134 Å². The molecule has 0 aromatic heterocycles. The number of esters is 1. The van der Waals surface area contributed by atoms with Crippen molar-refractivity contribution in [3.8, 4) is 0 Å². The van der Waals surface area contributed by atoms with E-state index >= 15 is 0 Å². The Labute approximate surface area is 246 Å². The van der Waals surface area contributed by atoms with Crippen LogP contribution in [0.4, 0.5) is 0 Å². The first-order chi connectivity index (χ1) is 18.9. The molecule has 0 amide bonds. The Morgan fingerprint density at radius 1 is 1.17 bits per heavy atom. The van der Waals surface area contributed by atoms with E-state index in [0.29, 0.717) is 38.0 Å². The third kappa shape index (κ3) is 4.15. The number of hydrogen-bond donors (Lipinski definition) is 2. The van der Waals surface area contributed by atoms with Crippen LogP contribution in [-0.2, 0) is 28.2 Å². The highest BCUT2D eigenvalue weighted by atomic mass is 28.4. The minimum atomic E-state index is -2.18. The van der Waals surface area contributed by atoms with Crippen molar-refractivity contribution in [2.24, 2.45) is 40.2 Å². The van der Waals surface area contributed by atoms with Gasteiger partial charge in [0.15, 0.2) is 14.1 Å². The van der Waals surface area contributed by atoms with E-state index in [1.54, 1.807) is 0 Å². The Bertz CT molecular complexity index is 1150. The van der Waals surface area contributed by atoms with E-state index in [0.717, 1.165) is 12.8 Å². The topological polar surface area (TPSA) is 117 Å². The Hall–Kier alpha value is -1.10. The van der Waals surface area contributed by atoms with Crippen molar-refractivity contribution in [3.63, 3.8) is 0 Å². The van der Waals surface area contributed by atoms with Crippen LogP contribution in [0.15, 0.2) is 11.6 Å². The van der Waals surface area contributed by atoms with Crippen LogP contribution in [-0.4, -0.2) is 67.0 Å². The minimum Gasteiger partial charge on any atom is -0.462 e. The summed E-state index contributed by atoms with van der Waals surface area (Å²) in [4.78, 5) is 25.4. The lowest BCUT2D eigenvalue weighted by atomic mass is 9.44. The summed E-state index contributed by atoms with van der Waals surface area (Å²) in [6.07, 6.45) is 6.63. The van der Waals surface area contributed by atoms with Gasteiger partial charge in [-0.15, -0.1) is 0 Å². The van der Waals surface area contributed by atoms with Crippen LogP contribution >= 0.6 is 0 Å². The van der Waals surface area contributed by atoms with Gasteiger partial charge < -0.3 is 29.5 Å². The number of fused-ring (bicyclic) bond motifs is 7. The van der Waals surface area contributed by atoms with Crippen molar-refractivity contribution < 1.29 is 33.3 Å². The molecule has 4 aliphatic carbocycles. The number of Topliss-reactive ketones (excluding diaryl/α,β-unsaturated/α-hetero) is 1.